The summed E-state index contributed by atoms with van der Waals surface area (Å²) in [6.07, 6.45) is 5.15. The van der Waals surface area contributed by atoms with Gasteiger partial charge in [0.2, 0.25) is 0 Å². The summed E-state index contributed by atoms with van der Waals surface area (Å²) in [5.41, 5.74) is 8.63. The highest BCUT2D eigenvalue weighted by atomic mass is 16.1. The molecule has 1 heterocycles. The van der Waals surface area contributed by atoms with E-state index in [-0.39, 0.29) is 11.9 Å². The monoisotopic (exact) mass is 191 g/mol. The summed E-state index contributed by atoms with van der Waals surface area (Å²) in [6.45, 7) is 0. The third-order valence-corrected chi connectivity index (χ3v) is 2.67. The van der Waals surface area contributed by atoms with Crippen LogP contribution in [-0.2, 0) is 6.42 Å². The first-order valence-electron chi connectivity index (χ1n) is 4.68. The maximum absolute atomic E-state index is 11.5. The van der Waals surface area contributed by atoms with Gasteiger partial charge in [0.05, 0.1) is 5.56 Å². The molecule has 74 valence electrons. The zero-order chi connectivity index (χ0) is 10.1. The molecule has 1 atom stereocenters. The van der Waals surface area contributed by atoms with Gasteiger partial charge in [0.1, 0.15) is 0 Å². The lowest BCUT2D eigenvalue weighted by atomic mass is 10.1. The number of hydrogen-bond donors (Lipinski definition) is 2. The van der Waals surface area contributed by atoms with Crippen LogP contribution in [0.15, 0.2) is 12.4 Å². The molecule has 3 N–H and O–H groups in total. The zero-order valence-corrected chi connectivity index (χ0v) is 8.08. The fourth-order valence-corrected chi connectivity index (χ4v) is 1.89. The van der Waals surface area contributed by atoms with Gasteiger partial charge in [0.15, 0.2) is 0 Å². The van der Waals surface area contributed by atoms with Crippen molar-refractivity contribution in [2.24, 2.45) is 5.73 Å². The maximum atomic E-state index is 11.5. The fraction of sp³-hybridized carbons (Fsp3) is 0.400. The Morgan fingerprint density at radius 2 is 2.43 bits per heavy atom. The molecule has 0 saturated carbocycles. The lowest BCUT2D eigenvalue weighted by Gasteiger charge is -2.07. The summed E-state index contributed by atoms with van der Waals surface area (Å²) in [5, 5.41) is 2.61. The zero-order valence-electron chi connectivity index (χ0n) is 8.08. The van der Waals surface area contributed by atoms with E-state index >= 15 is 0 Å². The molecule has 1 amide bonds. The average Bonchev–Trinajstić information content (AvgIpc) is 2.59. The van der Waals surface area contributed by atoms with Crippen LogP contribution in [0.3, 0.4) is 0 Å². The van der Waals surface area contributed by atoms with Crippen molar-refractivity contribution in [3.63, 3.8) is 0 Å². The third-order valence-electron chi connectivity index (χ3n) is 2.67. The Balaban J connectivity index is 2.49. The summed E-state index contributed by atoms with van der Waals surface area (Å²) in [4.78, 5) is 15.5. The molecule has 4 heteroatoms. The van der Waals surface area contributed by atoms with E-state index in [1.54, 1.807) is 19.4 Å². The molecular formula is C10H13N3O. The van der Waals surface area contributed by atoms with Crippen LogP contribution < -0.4 is 11.1 Å². The molecule has 0 spiro atoms. The molecular weight excluding hydrogens is 178 g/mol. The number of rotatable bonds is 1. The number of aromatic nitrogens is 1. The molecule has 0 bridgehead atoms. The predicted molar refractivity (Wildman–Crippen MR) is 52.9 cm³/mol. The van der Waals surface area contributed by atoms with E-state index in [0.29, 0.717) is 5.56 Å². The largest absolute Gasteiger partial charge is 0.355 e. The van der Waals surface area contributed by atoms with Crippen LogP contribution in [0.25, 0.3) is 0 Å². The standard InChI is InChI=1S/C10H13N3O/c1-12-10(14)8-5-13-4-7-6(8)2-3-9(7)11/h4-5,9H,2-3,11H2,1H3,(H,12,14). The molecule has 1 aliphatic rings. The van der Waals surface area contributed by atoms with Crippen molar-refractivity contribution in [3.8, 4) is 0 Å². The third kappa shape index (κ3) is 1.28. The first-order chi connectivity index (χ1) is 6.74. The molecule has 1 aromatic heterocycles. The van der Waals surface area contributed by atoms with Crippen LogP contribution in [0, 0.1) is 0 Å². The Hall–Kier alpha value is -1.42. The van der Waals surface area contributed by atoms with E-state index in [9.17, 15) is 4.79 Å². The molecule has 0 aliphatic heterocycles. The van der Waals surface area contributed by atoms with Gasteiger partial charge in [-0.1, -0.05) is 0 Å². The predicted octanol–water partition coefficient (Wildman–Crippen LogP) is 0.387. The summed E-state index contributed by atoms with van der Waals surface area (Å²) in [6, 6.07) is 0.0436. The van der Waals surface area contributed by atoms with E-state index in [1.807, 2.05) is 0 Å². The van der Waals surface area contributed by atoms with E-state index in [4.69, 9.17) is 5.73 Å². The minimum atomic E-state index is -0.0801. The van der Waals surface area contributed by atoms with Crippen molar-refractivity contribution in [1.29, 1.82) is 0 Å². The maximum Gasteiger partial charge on any atom is 0.252 e. The van der Waals surface area contributed by atoms with Gasteiger partial charge in [-0.2, -0.15) is 0 Å². The van der Waals surface area contributed by atoms with Crippen LogP contribution in [0.5, 0.6) is 0 Å². The van der Waals surface area contributed by atoms with Crippen molar-refractivity contribution >= 4 is 5.91 Å². The van der Waals surface area contributed by atoms with Crippen LogP contribution in [0.4, 0.5) is 0 Å². The molecule has 2 rings (SSSR count). The Morgan fingerprint density at radius 3 is 3.14 bits per heavy atom. The summed E-state index contributed by atoms with van der Waals surface area (Å²) >= 11 is 0. The van der Waals surface area contributed by atoms with Gasteiger partial charge in [0.25, 0.3) is 5.91 Å². The van der Waals surface area contributed by atoms with Gasteiger partial charge in [-0.15, -0.1) is 0 Å². The summed E-state index contributed by atoms with van der Waals surface area (Å²) in [5.74, 6) is -0.0801. The average molecular weight is 191 g/mol. The number of nitrogens with two attached hydrogens (primary N) is 1. The Bertz CT molecular complexity index is 376. The number of carbonyl (C=O) groups is 1. The summed E-state index contributed by atoms with van der Waals surface area (Å²) < 4.78 is 0. The molecule has 0 fully saturated rings. The first-order valence-corrected chi connectivity index (χ1v) is 4.68. The van der Waals surface area contributed by atoms with E-state index in [0.717, 1.165) is 24.0 Å². The molecule has 1 aliphatic carbocycles. The number of hydrogen-bond acceptors (Lipinski definition) is 3. The highest BCUT2D eigenvalue weighted by Crippen LogP contribution is 2.30. The molecule has 0 aromatic carbocycles. The molecule has 0 saturated heterocycles. The number of carbonyl (C=O) groups excluding carboxylic acids is 1. The Morgan fingerprint density at radius 1 is 1.64 bits per heavy atom. The molecule has 1 aromatic rings. The van der Waals surface area contributed by atoms with Crippen molar-refractivity contribution in [2.45, 2.75) is 18.9 Å². The van der Waals surface area contributed by atoms with Crippen molar-refractivity contribution in [3.05, 3.63) is 29.1 Å². The molecule has 14 heavy (non-hydrogen) atoms. The van der Waals surface area contributed by atoms with Crippen LogP contribution in [0.1, 0.15) is 33.9 Å². The number of nitrogens with one attached hydrogen (secondary N) is 1. The van der Waals surface area contributed by atoms with Gasteiger partial charge in [0, 0.05) is 25.5 Å². The van der Waals surface area contributed by atoms with Crippen LogP contribution in [-0.4, -0.2) is 17.9 Å². The van der Waals surface area contributed by atoms with E-state index in [1.165, 1.54) is 0 Å². The fourth-order valence-electron chi connectivity index (χ4n) is 1.89. The Kier molecular flexibility index (Phi) is 2.21. The number of nitrogens with zero attached hydrogens (tertiary/aromatic N) is 1. The second kappa shape index (κ2) is 3.38. The highest BCUT2D eigenvalue weighted by Gasteiger charge is 2.24. The minimum absolute atomic E-state index is 0.0436. The highest BCUT2D eigenvalue weighted by molar-refractivity contribution is 5.95. The van der Waals surface area contributed by atoms with Gasteiger partial charge < -0.3 is 11.1 Å². The minimum Gasteiger partial charge on any atom is -0.355 e. The second-order valence-electron chi connectivity index (χ2n) is 3.48. The van der Waals surface area contributed by atoms with E-state index < -0.39 is 0 Å². The van der Waals surface area contributed by atoms with Crippen molar-refractivity contribution in [2.75, 3.05) is 7.05 Å². The topological polar surface area (TPSA) is 68.0 Å². The number of amides is 1. The van der Waals surface area contributed by atoms with Gasteiger partial charge in [-0.05, 0) is 24.0 Å². The number of pyridine rings is 1. The van der Waals surface area contributed by atoms with Crippen LogP contribution in [0.2, 0.25) is 0 Å². The molecule has 1 unspecified atom stereocenters. The number of fused-ring (bicyclic) bond motifs is 1. The van der Waals surface area contributed by atoms with Crippen LogP contribution >= 0.6 is 0 Å². The molecule has 4 nitrogen and oxygen atoms in total. The van der Waals surface area contributed by atoms with Gasteiger partial charge >= 0.3 is 0 Å². The lowest BCUT2D eigenvalue weighted by molar-refractivity contribution is 0.0962. The SMILES string of the molecule is CNC(=O)c1cncc2c1CCC2N. The quantitative estimate of drug-likeness (QED) is 0.674. The van der Waals surface area contributed by atoms with Crippen molar-refractivity contribution < 1.29 is 4.79 Å². The Labute approximate surface area is 82.5 Å². The normalized spacial score (nSPS) is 19.1. The van der Waals surface area contributed by atoms with Crippen molar-refractivity contribution in [1.82, 2.24) is 10.3 Å². The van der Waals surface area contributed by atoms with Gasteiger partial charge in [-0.25, -0.2) is 0 Å². The van der Waals surface area contributed by atoms with E-state index in [2.05, 4.69) is 10.3 Å². The second-order valence-corrected chi connectivity index (χ2v) is 3.48. The first kappa shape index (κ1) is 9.15. The summed E-state index contributed by atoms with van der Waals surface area (Å²) in [7, 11) is 1.62. The molecule has 0 radical (unpaired) electrons. The lowest BCUT2D eigenvalue weighted by Crippen LogP contribution is -2.20. The smallest absolute Gasteiger partial charge is 0.252 e. The van der Waals surface area contributed by atoms with Gasteiger partial charge in [-0.3, -0.25) is 9.78 Å².